The maximum Gasteiger partial charge on any atom is 0.311 e. The van der Waals surface area contributed by atoms with Gasteiger partial charge in [-0.15, -0.1) is 0 Å². The first kappa shape index (κ1) is 87.0. The molecule has 0 aliphatic heterocycles. The first-order chi connectivity index (χ1) is 62.1. The van der Waals surface area contributed by atoms with Gasteiger partial charge in [0.2, 0.25) is 0 Å². The van der Waals surface area contributed by atoms with Gasteiger partial charge in [0.25, 0.3) is 0 Å². The fraction of sp³-hybridized carbons (Fsp3) is 0.178. The molecule has 1 aliphatic rings. The normalized spacial score (nSPS) is 11.1. The van der Waals surface area contributed by atoms with E-state index in [2.05, 4.69) is 30.3 Å². The lowest BCUT2D eigenvalue weighted by Crippen LogP contribution is -2.15. The van der Waals surface area contributed by atoms with Crippen molar-refractivity contribution in [2.24, 2.45) is 0 Å². The summed E-state index contributed by atoms with van der Waals surface area (Å²) in [4.78, 5) is 71.3. The van der Waals surface area contributed by atoms with Crippen LogP contribution in [0.15, 0.2) is 279 Å². The van der Waals surface area contributed by atoms with Gasteiger partial charge in [-0.1, -0.05) is 127 Å². The number of ether oxygens (including phenoxy) is 10. The number of hydrogen-bond acceptors (Lipinski definition) is 20. The van der Waals surface area contributed by atoms with Gasteiger partial charge in [-0.3, -0.25) is 24.0 Å². The molecule has 127 heavy (non-hydrogen) atoms. The molecule has 0 amide bonds. The fourth-order valence-corrected chi connectivity index (χ4v) is 14.4. The highest BCUT2D eigenvalue weighted by Crippen LogP contribution is 2.42. The highest BCUT2D eigenvalue weighted by atomic mass is 16.6. The lowest BCUT2D eigenvalue weighted by Gasteiger charge is -2.18. The SMILES string of the molecule is Cc1cc2c(cc1OC(=O)CCCOc1ccc(-c3ccc(C#N)cc3)cc1)Cc1cc(OC(=O)CCCOc3ccc(-c4ccc(C#N)cc4)cc3)c(OC(=O)CCCOc3ccc(-c4ccc(C#N)cc4)cc3)cc1Cc1cc(OC(=O)CCCOc3ccc(-c4ccc(C#N)cc4)cc3)c(OC(=O)CCCOc3ccc(-c4ccc(C#N)cc4)cc3)cc1C2. The molecule has 0 heterocycles. The van der Waals surface area contributed by atoms with Gasteiger partial charge in [-0.25, -0.2) is 0 Å². The second-order valence-corrected chi connectivity index (χ2v) is 30.3. The molecule has 0 fully saturated rings. The number of hydrogen-bond donors (Lipinski definition) is 0. The molecule has 628 valence electrons. The van der Waals surface area contributed by atoms with E-state index >= 15 is 0 Å². The molecule has 0 spiro atoms. The summed E-state index contributed by atoms with van der Waals surface area (Å²) in [5.41, 5.74) is 16.7. The summed E-state index contributed by atoms with van der Waals surface area (Å²) >= 11 is 0. The number of benzene rings is 13. The smallest absolute Gasteiger partial charge is 0.311 e. The first-order valence-corrected chi connectivity index (χ1v) is 41.7. The Balaban J connectivity index is 0.744. The zero-order valence-corrected chi connectivity index (χ0v) is 69.6. The summed E-state index contributed by atoms with van der Waals surface area (Å²) in [5, 5.41) is 46.6. The van der Waals surface area contributed by atoms with Crippen LogP contribution in [0.5, 0.6) is 57.5 Å². The van der Waals surface area contributed by atoms with Crippen LogP contribution in [0.1, 0.15) is 131 Å². The lowest BCUT2D eigenvalue weighted by atomic mass is 9.93. The summed E-state index contributed by atoms with van der Waals surface area (Å²) in [6.07, 6.45) is 1.34. The van der Waals surface area contributed by atoms with Gasteiger partial charge in [0.15, 0.2) is 23.0 Å². The molecule has 0 unspecified atom stereocenters. The van der Waals surface area contributed by atoms with E-state index in [-0.39, 0.29) is 133 Å². The van der Waals surface area contributed by atoms with Gasteiger partial charge in [0, 0.05) is 32.1 Å². The van der Waals surface area contributed by atoms with Crippen molar-refractivity contribution in [3.63, 3.8) is 0 Å². The van der Waals surface area contributed by atoms with Crippen molar-refractivity contribution in [1.82, 2.24) is 0 Å². The predicted molar refractivity (Wildman–Crippen MR) is 477 cm³/mol. The molecule has 1 aliphatic carbocycles. The largest absolute Gasteiger partial charge is 0.494 e. The van der Waals surface area contributed by atoms with E-state index in [1.807, 2.05) is 201 Å². The van der Waals surface area contributed by atoms with Crippen molar-refractivity contribution in [3.8, 4) is 143 Å². The van der Waals surface area contributed by atoms with E-state index in [9.17, 15) is 50.3 Å². The number of rotatable bonds is 35. The van der Waals surface area contributed by atoms with Crippen LogP contribution in [0.25, 0.3) is 55.6 Å². The third-order valence-corrected chi connectivity index (χ3v) is 21.3. The lowest BCUT2D eigenvalue weighted by molar-refractivity contribution is -0.137. The molecule has 14 rings (SSSR count). The molecule has 0 saturated carbocycles. The van der Waals surface area contributed by atoms with Gasteiger partial charge < -0.3 is 47.4 Å². The maximum atomic E-state index is 14.4. The maximum absolute atomic E-state index is 14.4. The third-order valence-electron chi connectivity index (χ3n) is 21.3. The van der Waals surface area contributed by atoms with Crippen molar-refractivity contribution < 1.29 is 71.3 Å². The van der Waals surface area contributed by atoms with Gasteiger partial charge in [0.05, 0.1) is 91.2 Å². The zero-order valence-electron chi connectivity index (χ0n) is 69.6. The van der Waals surface area contributed by atoms with E-state index in [1.54, 1.807) is 84.9 Å². The average molecular weight is 1680 g/mol. The van der Waals surface area contributed by atoms with E-state index in [0.717, 1.165) is 61.2 Å². The molecule has 0 bridgehead atoms. The van der Waals surface area contributed by atoms with Crippen LogP contribution in [0.3, 0.4) is 0 Å². The minimum absolute atomic E-state index is 0.0115. The second kappa shape index (κ2) is 42.9. The number of carbonyl (C=O) groups excluding carboxylic acids is 5. The molecule has 0 radical (unpaired) electrons. The molecular formula is C107H85N5O15. The topological polar surface area (TPSA) is 297 Å². The minimum atomic E-state index is -0.655. The van der Waals surface area contributed by atoms with Gasteiger partial charge in [-0.05, 0) is 305 Å². The number of fused-ring (bicyclic) bond motifs is 3. The average Bonchev–Trinajstić information content (AvgIpc) is 1.68. The molecule has 13 aromatic carbocycles. The molecular weight excluding hydrogens is 1600 g/mol. The van der Waals surface area contributed by atoms with E-state index in [1.165, 1.54) is 0 Å². The van der Waals surface area contributed by atoms with Crippen LogP contribution >= 0.6 is 0 Å². The third kappa shape index (κ3) is 24.3. The Kier molecular flexibility index (Phi) is 29.4. The first-order valence-electron chi connectivity index (χ1n) is 41.7. The van der Waals surface area contributed by atoms with Crippen molar-refractivity contribution in [1.29, 1.82) is 26.3 Å². The van der Waals surface area contributed by atoms with Crippen LogP contribution in [0.2, 0.25) is 0 Å². The van der Waals surface area contributed by atoms with Gasteiger partial charge >= 0.3 is 29.8 Å². The van der Waals surface area contributed by atoms with Gasteiger partial charge in [-0.2, -0.15) is 26.3 Å². The quantitative estimate of drug-likeness (QED) is 0.0202. The summed E-state index contributed by atoms with van der Waals surface area (Å²) in [6, 6.07) is 94.9. The van der Waals surface area contributed by atoms with E-state index in [4.69, 9.17) is 47.4 Å². The van der Waals surface area contributed by atoms with Crippen LogP contribution in [-0.2, 0) is 43.2 Å². The Bertz CT molecular complexity index is 6190. The van der Waals surface area contributed by atoms with E-state index < -0.39 is 29.8 Å². The molecule has 20 nitrogen and oxygen atoms in total. The molecule has 20 heteroatoms. The summed E-state index contributed by atoms with van der Waals surface area (Å²) in [6.45, 7) is 2.64. The predicted octanol–water partition coefficient (Wildman–Crippen LogP) is 21.6. The van der Waals surface area contributed by atoms with Crippen LogP contribution in [0.4, 0.5) is 0 Å². The molecule has 0 N–H and O–H groups in total. The zero-order chi connectivity index (χ0) is 88.2. The Morgan fingerprint density at radius 3 is 0.567 bits per heavy atom. The highest BCUT2D eigenvalue weighted by molar-refractivity contribution is 5.80. The Hall–Kier alpha value is -16.3. The highest BCUT2D eigenvalue weighted by Gasteiger charge is 2.27. The van der Waals surface area contributed by atoms with Gasteiger partial charge in [0.1, 0.15) is 34.5 Å². The second-order valence-electron chi connectivity index (χ2n) is 30.3. The summed E-state index contributed by atoms with van der Waals surface area (Å²) in [5.74, 6) is -0.0959. The number of aryl methyl sites for hydroxylation is 1. The van der Waals surface area contributed by atoms with Crippen molar-refractivity contribution in [2.75, 3.05) is 33.0 Å². The molecule has 0 saturated heterocycles. The molecule has 0 aromatic heterocycles. The fourth-order valence-electron chi connectivity index (χ4n) is 14.4. The molecule has 0 atom stereocenters. The number of carbonyl (C=O) groups is 5. The summed E-state index contributed by atoms with van der Waals surface area (Å²) < 4.78 is 61.8. The Morgan fingerprint density at radius 2 is 0.386 bits per heavy atom. The van der Waals surface area contributed by atoms with Crippen molar-refractivity contribution >= 4 is 29.8 Å². The monoisotopic (exact) mass is 1680 g/mol. The summed E-state index contributed by atoms with van der Waals surface area (Å²) in [7, 11) is 0. The Labute approximate surface area is 736 Å². The number of nitrogens with zero attached hydrogens (tertiary/aromatic N) is 5. The van der Waals surface area contributed by atoms with Crippen LogP contribution < -0.4 is 47.4 Å². The van der Waals surface area contributed by atoms with Crippen LogP contribution in [0, 0.1) is 63.6 Å². The van der Waals surface area contributed by atoms with Crippen molar-refractivity contribution in [2.45, 2.75) is 90.4 Å². The number of esters is 5. The standard InChI is InChI=1S/C107H85N5O15/c1-71-57-87-58-89-62-99(124-104(114)8-3-53-119-94-44-34-83(35-45-94)78-24-14-73(67-109)15-25-78)101(126-106(116)10-5-55-121-96-48-38-85(39-49-96)80-28-18-75(69-111)19-29-80)64-91(89)60-92-65-102(127-107(117)11-6-56-122-97-50-40-86(41-51-97)81-30-20-76(70-112)21-31-81)100(125-105(115)9-4-54-120-95-46-36-84(37-47-95)79-26-16-74(68-110)17-27-79)63-90(92)59-88(87)61-98(71)123-103(113)7-2-52-118-93-42-32-82(33-43-93)77-22-12-72(66-108)13-23-77/h12-51,57,61-65H,2-11,52-56,58-60H2,1H3. The Morgan fingerprint density at radius 1 is 0.228 bits per heavy atom. The van der Waals surface area contributed by atoms with E-state index in [0.29, 0.717) is 102 Å². The van der Waals surface area contributed by atoms with Crippen molar-refractivity contribution in [3.05, 3.63) is 346 Å². The number of nitriles is 5. The van der Waals surface area contributed by atoms with Crippen LogP contribution in [-0.4, -0.2) is 62.9 Å². The minimum Gasteiger partial charge on any atom is -0.494 e. The molecule has 13 aromatic rings.